The monoisotopic (exact) mass is 504 g/mol. The Kier molecular flexibility index (Phi) is 5.38. The third-order valence-electron chi connectivity index (χ3n) is 2.58. The summed E-state index contributed by atoms with van der Waals surface area (Å²) in [6.45, 7) is 9.69. The first kappa shape index (κ1) is 16.5. The van der Waals surface area contributed by atoms with Crippen molar-refractivity contribution < 1.29 is 9.84 Å². The second kappa shape index (κ2) is 5.85. The standard InChI is InChI=1S/C12H12Br4O2/c1-5(2)12(3,4)18-11-8(15)6(13)10(17)7(14)9(11)16/h17H,1H2,2-4H3. The lowest BCUT2D eigenvalue weighted by Crippen LogP contribution is -2.29. The molecule has 100 valence electrons. The lowest BCUT2D eigenvalue weighted by Gasteiger charge is -2.28. The zero-order valence-electron chi connectivity index (χ0n) is 10.1. The molecule has 0 bridgehead atoms. The zero-order valence-corrected chi connectivity index (χ0v) is 16.4. The van der Waals surface area contributed by atoms with Gasteiger partial charge in [-0.3, -0.25) is 0 Å². The Balaban J connectivity index is 3.39. The number of rotatable bonds is 3. The van der Waals surface area contributed by atoms with Crippen molar-refractivity contribution in [2.45, 2.75) is 26.4 Å². The number of aromatic hydroxyl groups is 1. The summed E-state index contributed by atoms with van der Waals surface area (Å²) in [6, 6.07) is 0. The van der Waals surface area contributed by atoms with Gasteiger partial charge in [0.05, 0.1) is 17.9 Å². The van der Waals surface area contributed by atoms with Gasteiger partial charge in [-0.05, 0) is 90.1 Å². The molecule has 2 nitrogen and oxygen atoms in total. The van der Waals surface area contributed by atoms with Gasteiger partial charge in [0.2, 0.25) is 0 Å². The summed E-state index contributed by atoms with van der Waals surface area (Å²) >= 11 is 13.4. The van der Waals surface area contributed by atoms with Gasteiger partial charge < -0.3 is 9.84 Å². The summed E-state index contributed by atoms with van der Waals surface area (Å²) < 4.78 is 8.33. The fourth-order valence-electron chi connectivity index (χ4n) is 1.03. The SMILES string of the molecule is C=C(C)C(C)(C)Oc1c(Br)c(Br)c(O)c(Br)c1Br. The van der Waals surface area contributed by atoms with Gasteiger partial charge in [-0.15, -0.1) is 0 Å². The van der Waals surface area contributed by atoms with E-state index >= 15 is 0 Å². The molecule has 0 aliphatic heterocycles. The van der Waals surface area contributed by atoms with Crippen LogP contribution in [-0.4, -0.2) is 10.7 Å². The molecule has 1 aromatic rings. The average molecular weight is 508 g/mol. The molecule has 1 rings (SSSR count). The molecule has 0 saturated carbocycles. The van der Waals surface area contributed by atoms with Gasteiger partial charge in [-0.1, -0.05) is 6.58 Å². The van der Waals surface area contributed by atoms with Crippen LogP contribution in [0, 0.1) is 0 Å². The molecule has 0 amide bonds. The highest BCUT2D eigenvalue weighted by atomic mass is 79.9. The Morgan fingerprint density at radius 2 is 1.44 bits per heavy atom. The summed E-state index contributed by atoms with van der Waals surface area (Å²) in [5, 5.41) is 9.87. The van der Waals surface area contributed by atoms with Crippen molar-refractivity contribution in [3.63, 3.8) is 0 Å². The van der Waals surface area contributed by atoms with E-state index in [1.165, 1.54) is 0 Å². The van der Waals surface area contributed by atoms with E-state index in [2.05, 4.69) is 70.3 Å². The number of ether oxygens (including phenoxy) is 1. The van der Waals surface area contributed by atoms with Crippen LogP contribution in [0.4, 0.5) is 0 Å². The van der Waals surface area contributed by atoms with E-state index < -0.39 is 5.60 Å². The van der Waals surface area contributed by atoms with Crippen LogP contribution in [0.5, 0.6) is 11.5 Å². The minimum absolute atomic E-state index is 0.106. The van der Waals surface area contributed by atoms with Crippen LogP contribution < -0.4 is 4.74 Å². The Morgan fingerprint density at radius 3 is 1.78 bits per heavy atom. The van der Waals surface area contributed by atoms with E-state index in [4.69, 9.17) is 4.74 Å². The first-order valence-electron chi connectivity index (χ1n) is 4.99. The van der Waals surface area contributed by atoms with Gasteiger partial charge in [-0.2, -0.15) is 0 Å². The largest absolute Gasteiger partial charge is 0.505 e. The average Bonchev–Trinajstić information content (AvgIpc) is 2.29. The van der Waals surface area contributed by atoms with Gasteiger partial charge in [0.15, 0.2) is 5.75 Å². The second-order valence-electron chi connectivity index (χ2n) is 4.33. The molecule has 1 aromatic carbocycles. The number of hydrogen-bond donors (Lipinski definition) is 1. The van der Waals surface area contributed by atoms with Crippen LogP contribution in [0.15, 0.2) is 30.0 Å². The van der Waals surface area contributed by atoms with Crippen molar-refractivity contribution in [2.75, 3.05) is 0 Å². The molecule has 18 heavy (non-hydrogen) atoms. The smallest absolute Gasteiger partial charge is 0.151 e. The normalized spacial score (nSPS) is 11.5. The Hall–Kier alpha value is 0.480. The third kappa shape index (κ3) is 3.14. The topological polar surface area (TPSA) is 29.5 Å². The number of phenolic OH excluding ortho intramolecular Hbond substituents is 1. The van der Waals surface area contributed by atoms with Gasteiger partial charge in [0.25, 0.3) is 0 Å². The molecule has 0 unspecified atom stereocenters. The van der Waals surface area contributed by atoms with E-state index in [9.17, 15) is 5.11 Å². The summed E-state index contributed by atoms with van der Waals surface area (Å²) in [5.41, 5.74) is 0.391. The van der Waals surface area contributed by atoms with Crippen LogP contribution in [0.2, 0.25) is 0 Å². The number of benzene rings is 1. The van der Waals surface area contributed by atoms with Crippen LogP contribution in [0.25, 0.3) is 0 Å². The van der Waals surface area contributed by atoms with Gasteiger partial charge in [0.1, 0.15) is 11.4 Å². The van der Waals surface area contributed by atoms with Gasteiger partial charge in [-0.25, -0.2) is 0 Å². The summed E-state index contributed by atoms with van der Waals surface area (Å²) in [4.78, 5) is 0. The lowest BCUT2D eigenvalue weighted by atomic mass is 10.0. The highest BCUT2D eigenvalue weighted by Gasteiger charge is 2.27. The van der Waals surface area contributed by atoms with Gasteiger partial charge >= 0.3 is 0 Å². The predicted octanol–water partition coefficient (Wildman–Crippen LogP) is 6.18. The van der Waals surface area contributed by atoms with Crippen LogP contribution >= 0.6 is 63.7 Å². The molecule has 0 heterocycles. The first-order chi connectivity index (χ1) is 8.09. The maximum absolute atomic E-state index is 9.87. The quantitative estimate of drug-likeness (QED) is 0.391. The second-order valence-corrected chi connectivity index (χ2v) is 7.50. The molecule has 0 spiro atoms. The summed E-state index contributed by atoms with van der Waals surface area (Å²) in [6.07, 6.45) is 0. The molecule has 6 heteroatoms. The van der Waals surface area contributed by atoms with Crippen molar-refractivity contribution >= 4 is 63.7 Å². The van der Waals surface area contributed by atoms with E-state index in [1.807, 2.05) is 20.8 Å². The third-order valence-corrected chi connectivity index (χ3v) is 6.71. The first-order valence-corrected chi connectivity index (χ1v) is 8.16. The molecule has 0 radical (unpaired) electrons. The predicted molar refractivity (Wildman–Crippen MR) is 88.4 cm³/mol. The van der Waals surface area contributed by atoms with E-state index in [-0.39, 0.29) is 5.75 Å². The number of phenols is 1. The fourth-order valence-corrected chi connectivity index (χ4v) is 3.25. The van der Waals surface area contributed by atoms with Crippen LogP contribution in [0.1, 0.15) is 20.8 Å². The van der Waals surface area contributed by atoms with Crippen molar-refractivity contribution in [2.24, 2.45) is 0 Å². The molecule has 0 atom stereocenters. The molecular formula is C12H12Br4O2. The Morgan fingerprint density at radius 1 is 1.06 bits per heavy atom. The molecule has 1 N–H and O–H groups in total. The summed E-state index contributed by atoms with van der Waals surface area (Å²) in [7, 11) is 0. The molecule has 0 aliphatic carbocycles. The molecule has 0 saturated heterocycles. The highest BCUT2D eigenvalue weighted by molar-refractivity contribution is 9.14. The van der Waals surface area contributed by atoms with Gasteiger partial charge in [0, 0.05) is 0 Å². The molecule has 0 aromatic heterocycles. The van der Waals surface area contributed by atoms with Crippen molar-refractivity contribution in [1.29, 1.82) is 0 Å². The molecular weight excluding hydrogens is 496 g/mol. The van der Waals surface area contributed by atoms with E-state index in [0.29, 0.717) is 23.6 Å². The minimum Gasteiger partial charge on any atom is -0.505 e. The van der Waals surface area contributed by atoms with Crippen LogP contribution in [-0.2, 0) is 0 Å². The van der Waals surface area contributed by atoms with Crippen LogP contribution in [0.3, 0.4) is 0 Å². The number of hydrogen-bond acceptors (Lipinski definition) is 2. The lowest BCUT2D eigenvalue weighted by molar-refractivity contribution is 0.146. The van der Waals surface area contributed by atoms with Crippen molar-refractivity contribution in [1.82, 2.24) is 0 Å². The Bertz CT molecular complexity index is 480. The maximum atomic E-state index is 9.87. The van der Waals surface area contributed by atoms with Crippen molar-refractivity contribution in [3.8, 4) is 11.5 Å². The van der Waals surface area contributed by atoms with Crippen molar-refractivity contribution in [3.05, 3.63) is 30.0 Å². The highest BCUT2D eigenvalue weighted by Crippen LogP contribution is 2.50. The zero-order chi connectivity index (χ0) is 14.2. The Labute approximate surface area is 140 Å². The van der Waals surface area contributed by atoms with E-state index in [1.54, 1.807) is 0 Å². The summed E-state index contributed by atoms with van der Waals surface area (Å²) in [5.74, 6) is 0.703. The van der Waals surface area contributed by atoms with E-state index in [0.717, 1.165) is 5.57 Å². The maximum Gasteiger partial charge on any atom is 0.151 e. The fraction of sp³-hybridized carbons (Fsp3) is 0.333. The number of halogens is 4. The molecule has 0 fully saturated rings. The minimum atomic E-state index is -0.513. The molecule has 0 aliphatic rings.